The second kappa shape index (κ2) is 5.96. The Kier molecular flexibility index (Phi) is 4.24. The molecule has 108 valence electrons. The minimum atomic E-state index is -0.301. The van der Waals surface area contributed by atoms with Gasteiger partial charge in [0.1, 0.15) is 6.10 Å². The van der Waals surface area contributed by atoms with Gasteiger partial charge in [0.15, 0.2) is 0 Å². The van der Waals surface area contributed by atoms with Gasteiger partial charge in [0.05, 0.1) is 5.69 Å². The summed E-state index contributed by atoms with van der Waals surface area (Å²) in [5.74, 6) is 1.40. The van der Waals surface area contributed by atoms with Gasteiger partial charge >= 0.3 is 0 Å². The highest BCUT2D eigenvalue weighted by atomic mass is 35.5. The van der Waals surface area contributed by atoms with Crippen LogP contribution in [0, 0.1) is 5.92 Å². The molecule has 5 heteroatoms. The zero-order valence-corrected chi connectivity index (χ0v) is 13.0. The fourth-order valence-corrected chi connectivity index (χ4v) is 3.88. The van der Waals surface area contributed by atoms with Crippen LogP contribution in [0.3, 0.4) is 0 Å². The van der Waals surface area contributed by atoms with Crippen molar-refractivity contribution < 1.29 is 9.53 Å². The van der Waals surface area contributed by atoms with E-state index in [4.69, 9.17) is 16.3 Å². The van der Waals surface area contributed by atoms with Gasteiger partial charge in [-0.05, 0) is 42.7 Å². The van der Waals surface area contributed by atoms with Crippen LogP contribution in [-0.4, -0.2) is 30.9 Å². The van der Waals surface area contributed by atoms with Gasteiger partial charge in [0.25, 0.3) is 5.91 Å². The molecular weight excluding hydrogens is 294 g/mol. The zero-order chi connectivity index (χ0) is 14.1. The van der Waals surface area contributed by atoms with Crippen LogP contribution in [0.2, 0.25) is 5.02 Å². The molecule has 2 aliphatic rings. The van der Waals surface area contributed by atoms with E-state index >= 15 is 0 Å². The normalized spacial score (nSPS) is 26.2. The van der Waals surface area contributed by atoms with Gasteiger partial charge in [0, 0.05) is 23.1 Å². The third-order valence-electron chi connectivity index (χ3n) is 3.89. The van der Waals surface area contributed by atoms with Crippen molar-refractivity contribution >= 4 is 35.0 Å². The average molecular weight is 312 g/mol. The highest BCUT2D eigenvalue weighted by Crippen LogP contribution is 2.37. The fraction of sp³-hybridized carbons (Fsp3) is 0.533. The first kappa shape index (κ1) is 14.2. The molecule has 0 spiro atoms. The third kappa shape index (κ3) is 2.69. The average Bonchev–Trinajstić information content (AvgIpc) is 2.75. The van der Waals surface area contributed by atoms with Gasteiger partial charge in [-0.3, -0.25) is 4.79 Å². The fourth-order valence-electron chi connectivity index (χ4n) is 2.74. The number of thioether (sulfide) groups is 1. The minimum absolute atomic E-state index is 0.0843. The van der Waals surface area contributed by atoms with Gasteiger partial charge < -0.3 is 9.64 Å². The summed E-state index contributed by atoms with van der Waals surface area (Å²) in [5.41, 5.74) is 0.938. The van der Waals surface area contributed by atoms with E-state index in [1.54, 1.807) is 11.8 Å². The van der Waals surface area contributed by atoms with E-state index in [0.29, 0.717) is 17.5 Å². The Labute approximate surface area is 128 Å². The van der Waals surface area contributed by atoms with Crippen molar-refractivity contribution in [3.05, 3.63) is 23.2 Å². The number of nitrogens with zero attached hydrogens (tertiary/aromatic N) is 1. The van der Waals surface area contributed by atoms with Crippen LogP contribution < -0.4 is 4.90 Å². The monoisotopic (exact) mass is 311 g/mol. The third-order valence-corrected chi connectivity index (χ3v) is 5.28. The van der Waals surface area contributed by atoms with Gasteiger partial charge in [-0.1, -0.05) is 18.5 Å². The maximum Gasteiger partial charge on any atom is 0.256 e. The smallest absolute Gasteiger partial charge is 0.256 e. The molecule has 0 aliphatic carbocycles. The van der Waals surface area contributed by atoms with E-state index in [1.165, 1.54) is 0 Å². The van der Waals surface area contributed by atoms with Crippen molar-refractivity contribution in [3.8, 4) is 0 Å². The molecule has 1 fully saturated rings. The number of amides is 1. The van der Waals surface area contributed by atoms with Crippen LogP contribution in [0.5, 0.6) is 0 Å². The van der Waals surface area contributed by atoms with Crippen LogP contribution in [0.1, 0.15) is 19.8 Å². The van der Waals surface area contributed by atoms with Crippen molar-refractivity contribution in [1.82, 2.24) is 0 Å². The van der Waals surface area contributed by atoms with Crippen molar-refractivity contribution in [2.24, 2.45) is 5.92 Å². The summed E-state index contributed by atoms with van der Waals surface area (Å²) in [6, 6.07) is 5.79. The highest BCUT2D eigenvalue weighted by Gasteiger charge is 2.35. The van der Waals surface area contributed by atoms with Crippen molar-refractivity contribution in [2.75, 3.05) is 23.8 Å². The maximum absolute atomic E-state index is 12.8. The van der Waals surface area contributed by atoms with Crippen molar-refractivity contribution in [3.63, 3.8) is 0 Å². The second-order valence-electron chi connectivity index (χ2n) is 5.36. The van der Waals surface area contributed by atoms with Gasteiger partial charge in [-0.25, -0.2) is 0 Å². The molecule has 0 bridgehead atoms. The van der Waals surface area contributed by atoms with E-state index in [-0.39, 0.29) is 12.0 Å². The van der Waals surface area contributed by atoms with Crippen molar-refractivity contribution in [2.45, 2.75) is 30.8 Å². The first-order valence-electron chi connectivity index (χ1n) is 7.02. The Morgan fingerprint density at radius 3 is 3.10 bits per heavy atom. The minimum Gasteiger partial charge on any atom is -0.368 e. The lowest BCUT2D eigenvalue weighted by Gasteiger charge is -2.26. The van der Waals surface area contributed by atoms with Crippen LogP contribution in [-0.2, 0) is 9.53 Å². The van der Waals surface area contributed by atoms with Gasteiger partial charge in [0.2, 0.25) is 0 Å². The Hall–Kier alpha value is -0.710. The second-order valence-corrected chi connectivity index (χ2v) is 6.93. The molecule has 3 nitrogen and oxygen atoms in total. The first-order chi connectivity index (χ1) is 9.66. The topological polar surface area (TPSA) is 29.5 Å². The number of ether oxygens (including phenoxy) is 1. The number of fused-ring (bicyclic) bond motifs is 1. The molecule has 0 N–H and O–H groups in total. The molecule has 2 aliphatic heterocycles. The molecule has 0 saturated carbocycles. The molecular formula is C15H18ClNO2S. The van der Waals surface area contributed by atoms with Crippen LogP contribution in [0.25, 0.3) is 0 Å². The van der Waals surface area contributed by atoms with Crippen LogP contribution in [0.15, 0.2) is 23.1 Å². The molecule has 20 heavy (non-hydrogen) atoms. The lowest BCUT2D eigenvalue weighted by molar-refractivity contribution is -0.128. The van der Waals surface area contributed by atoms with E-state index in [2.05, 4.69) is 6.92 Å². The zero-order valence-electron chi connectivity index (χ0n) is 11.5. The number of carbonyl (C=O) groups is 1. The number of rotatable bonds is 1. The molecule has 1 saturated heterocycles. The number of benzene rings is 1. The Balaban J connectivity index is 1.93. The molecule has 2 heterocycles. The number of hydrogen-bond acceptors (Lipinski definition) is 3. The molecule has 3 rings (SSSR count). The lowest BCUT2D eigenvalue weighted by Crippen LogP contribution is -2.41. The van der Waals surface area contributed by atoms with Crippen molar-refractivity contribution in [1.29, 1.82) is 0 Å². The lowest BCUT2D eigenvalue weighted by atomic mass is 10.0. The van der Waals surface area contributed by atoms with E-state index < -0.39 is 0 Å². The summed E-state index contributed by atoms with van der Waals surface area (Å²) in [7, 11) is 0. The summed E-state index contributed by atoms with van der Waals surface area (Å²) in [6.07, 6.45) is 1.65. The molecule has 1 aromatic carbocycles. The van der Waals surface area contributed by atoms with Crippen LogP contribution in [0.4, 0.5) is 5.69 Å². The summed E-state index contributed by atoms with van der Waals surface area (Å²) in [6.45, 7) is 3.51. The molecule has 0 aromatic heterocycles. The Morgan fingerprint density at radius 1 is 1.50 bits per heavy atom. The van der Waals surface area contributed by atoms with E-state index in [9.17, 15) is 4.79 Å². The number of halogens is 1. The predicted octanol–water partition coefficient (Wildman–Crippen LogP) is 3.59. The standard InChI is InChI=1S/C15H18ClNO2S/c1-10-5-7-19-14(10)15(18)17-6-2-8-20-13-4-3-11(16)9-12(13)17/h3-4,9-10,14H,2,5-8H2,1H3/t10-,14+/m1/s1. The maximum atomic E-state index is 12.8. The Bertz CT molecular complexity index is 523. The summed E-state index contributed by atoms with van der Waals surface area (Å²) in [5, 5.41) is 0.671. The molecule has 0 unspecified atom stereocenters. The number of hydrogen-bond donors (Lipinski definition) is 0. The molecule has 2 atom stereocenters. The summed E-state index contributed by atoms with van der Waals surface area (Å²) >= 11 is 7.90. The Morgan fingerprint density at radius 2 is 2.35 bits per heavy atom. The van der Waals surface area contributed by atoms with Gasteiger partial charge in [-0.2, -0.15) is 0 Å². The summed E-state index contributed by atoms with van der Waals surface area (Å²) in [4.78, 5) is 15.8. The number of carbonyl (C=O) groups excluding carboxylic acids is 1. The quantitative estimate of drug-likeness (QED) is 0.793. The SMILES string of the molecule is C[C@@H]1CCO[C@@H]1C(=O)N1CCCSc2ccc(Cl)cc21. The largest absolute Gasteiger partial charge is 0.368 e. The molecule has 1 aromatic rings. The van der Waals surface area contributed by atoms with Gasteiger partial charge in [-0.15, -0.1) is 11.8 Å². The molecule has 0 radical (unpaired) electrons. The highest BCUT2D eigenvalue weighted by molar-refractivity contribution is 7.99. The van der Waals surface area contributed by atoms with E-state index in [1.807, 2.05) is 23.1 Å². The van der Waals surface area contributed by atoms with Crippen LogP contribution >= 0.6 is 23.4 Å². The molecule has 1 amide bonds. The van der Waals surface area contributed by atoms with E-state index in [0.717, 1.165) is 35.7 Å². The first-order valence-corrected chi connectivity index (χ1v) is 8.38. The summed E-state index contributed by atoms with van der Waals surface area (Å²) < 4.78 is 5.64. The number of anilines is 1. The predicted molar refractivity (Wildman–Crippen MR) is 82.7 cm³/mol.